The lowest BCUT2D eigenvalue weighted by Crippen LogP contribution is -2.50. The van der Waals surface area contributed by atoms with Crippen LogP contribution in [0.5, 0.6) is 5.75 Å². The molecule has 132 valence electrons. The molecule has 0 radical (unpaired) electrons. The largest absolute Gasteiger partial charge is 0.496 e. The minimum absolute atomic E-state index is 0.509. The van der Waals surface area contributed by atoms with Crippen molar-refractivity contribution in [2.24, 2.45) is 0 Å². The number of aromatic nitrogens is 2. The van der Waals surface area contributed by atoms with Gasteiger partial charge in [-0.2, -0.15) is 0 Å². The van der Waals surface area contributed by atoms with E-state index in [2.05, 4.69) is 38.4 Å². The number of methoxy groups -OCH3 is 1. The molecule has 5 nitrogen and oxygen atoms in total. The van der Waals surface area contributed by atoms with Crippen LogP contribution in [0.3, 0.4) is 0 Å². The molecule has 4 rings (SSSR count). The van der Waals surface area contributed by atoms with Crippen LogP contribution in [0.1, 0.15) is 30.4 Å². The van der Waals surface area contributed by atoms with Crippen LogP contribution in [-0.2, 0) is 12.8 Å². The average molecular weight is 338 g/mol. The third kappa shape index (κ3) is 3.61. The third-order valence-electron chi connectivity index (χ3n) is 5.39. The zero-order valence-electron chi connectivity index (χ0n) is 14.8. The van der Waals surface area contributed by atoms with E-state index < -0.39 is 0 Å². The maximum atomic E-state index is 5.52. The molecule has 2 heterocycles. The molecule has 1 saturated heterocycles. The van der Waals surface area contributed by atoms with E-state index in [1.165, 1.54) is 30.4 Å². The maximum Gasteiger partial charge on any atom is 0.225 e. The van der Waals surface area contributed by atoms with E-state index in [0.717, 1.165) is 37.6 Å². The summed E-state index contributed by atoms with van der Waals surface area (Å²) in [6.07, 6.45) is 9.42. The Hall–Kier alpha value is -2.14. The van der Waals surface area contributed by atoms with Crippen molar-refractivity contribution in [1.82, 2.24) is 15.3 Å². The number of benzene rings is 1. The number of piperidine rings is 1. The smallest absolute Gasteiger partial charge is 0.225 e. The Morgan fingerprint density at radius 3 is 2.84 bits per heavy atom. The molecule has 2 atom stereocenters. The zero-order valence-corrected chi connectivity index (χ0v) is 14.8. The van der Waals surface area contributed by atoms with Crippen LogP contribution in [-0.4, -0.2) is 42.3 Å². The van der Waals surface area contributed by atoms with Gasteiger partial charge in [0.1, 0.15) is 5.75 Å². The molecule has 0 amide bonds. The summed E-state index contributed by atoms with van der Waals surface area (Å²) in [4.78, 5) is 11.1. The van der Waals surface area contributed by atoms with Gasteiger partial charge >= 0.3 is 0 Å². The van der Waals surface area contributed by atoms with Crippen LogP contribution in [0.2, 0.25) is 0 Å². The lowest BCUT2D eigenvalue weighted by atomic mass is 9.87. The second-order valence-electron chi connectivity index (χ2n) is 7.04. The predicted molar refractivity (Wildman–Crippen MR) is 99.2 cm³/mol. The van der Waals surface area contributed by atoms with Crippen LogP contribution < -0.4 is 15.0 Å². The normalized spacial score (nSPS) is 23.2. The number of nitrogens with one attached hydrogen (secondary N) is 1. The van der Waals surface area contributed by atoms with Gasteiger partial charge in [0.2, 0.25) is 5.95 Å². The van der Waals surface area contributed by atoms with E-state index in [1.807, 2.05) is 18.5 Å². The van der Waals surface area contributed by atoms with Crippen molar-refractivity contribution in [2.75, 3.05) is 25.1 Å². The van der Waals surface area contributed by atoms with Crippen molar-refractivity contribution >= 4 is 5.95 Å². The van der Waals surface area contributed by atoms with E-state index in [4.69, 9.17) is 4.74 Å². The fourth-order valence-corrected chi connectivity index (χ4v) is 4.19. The zero-order chi connectivity index (χ0) is 17.1. The first kappa shape index (κ1) is 16.3. The van der Waals surface area contributed by atoms with Gasteiger partial charge in [-0.3, -0.25) is 0 Å². The highest BCUT2D eigenvalue weighted by Crippen LogP contribution is 2.30. The monoisotopic (exact) mass is 338 g/mol. The molecule has 2 aromatic rings. The first-order chi connectivity index (χ1) is 12.3. The van der Waals surface area contributed by atoms with Gasteiger partial charge in [-0.05, 0) is 55.4 Å². The van der Waals surface area contributed by atoms with E-state index in [0.29, 0.717) is 12.1 Å². The van der Waals surface area contributed by atoms with Gasteiger partial charge in [-0.25, -0.2) is 9.97 Å². The lowest BCUT2D eigenvalue weighted by Gasteiger charge is -2.36. The molecule has 1 aromatic carbocycles. The van der Waals surface area contributed by atoms with Gasteiger partial charge in [0.05, 0.1) is 7.11 Å². The Kier molecular flexibility index (Phi) is 4.83. The van der Waals surface area contributed by atoms with Gasteiger partial charge in [-0.15, -0.1) is 0 Å². The van der Waals surface area contributed by atoms with Gasteiger partial charge in [0.25, 0.3) is 0 Å². The lowest BCUT2D eigenvalue weighted by molar-refractivity contribution is 0.345. The van der Waals surface area contributed by atoms with Crippen LogP contribution in [0, 0.1) is 0 Å². The summed E-state index contributed by atoms with van der Waals surface area (Å²) >= 11 is 0. The number of hydrogen-bond acceptors (Lipinski definition) is 5. The number of anilines is 1. The quantitative estimate of drug-likeness (QED) is 0.929. The molecule has 0 unspecified atom stereocenters. The van der Waals surface area contributed by atoms with Crippen molar-refractivity contribution in [3.05, 3.63) is 47.8 Å². The van der Waals surface area contributed by atoms with Gasteiger partial charge in [-0.1, -0.05) is 12.1 Å². The molecule has 5 heteroatoms. The summed E-state index contributed by atoms with van der Waals surface area (Å²) in [6.45, 7) is 2.04. The van der Waals surface area contributed by atoms with Gasteiger partial charge in [0.15, 0.2) is 0 Å². The molecule has 25 heavy (non-hydrogen) atoms. The standard InChI is InChI=1S/C20H26N4O/c1-25-19-7-2-5-15-13-16(8-9-18(15)19)23-17-6-3-12-24(14-17)20-21-10-4-11-22-20/h2,4-5,7,10-11,16-17,23H,3,6,8-9,12-14H2,1H3/t16-,17+/m0/s1. The first-order valence-corrected chi connectivity index (χ1v) is 9.26. The van der Waals surface area contributed by atoms with E-state index >= 15 is 0 Å². The molecule has 0 saturated carbocycles. The van der Waals surface area contributed by atoms with Crippen LogP contribution in [0.15, 0.2) is 36.7 Å². The Morgan fingerprint density at radius 2 is 2.00 bits per heavy atom. The van der Waals surface area contributed by atoms with Crippen molar-refractivity contribution in [1.29, 1.82) is 0 Å². The van der Waals surface area contributed by atoms with Crippen LogP contribution in [0.4, 0.5) is 5.95 Å². The number of hydrogen-bond donors (Lipinski definition) is 1. The Morgan fingerprint density at radius 1 is 1.12 bits per heavy atom. The molecule has 0 bridgehead atoms. The van der Waals surface area contributed by atoms with E-state index in [1.54, 1.807) is 7.11 Å². The summed E-state index contributed by atoms with van der Waals surface area (Å²) < 4.78 is 5.52. The first-order valence-electron chi connectivity index (χ1n) is 9.26. The molecule has 2 aliphatic rings. The minimum Gasteiger partial charge on any atom is -0.496 e. The van der Waals surface area contributed by atoms with Crippen LogP contribution in [0.25, 0.3) is 0 Å². The molecule has 1 aliphatic heterocycles. The van der Waals surface area contributed by atoms with E-state index in [9.17, 15) is 0 Å². The number of ether oxygens (including phenoxy) is 1. The fraction of sp³-hybridized carbons (Fsp3) is 0.500. The predicted octanol–water partition coefficient (Wildman–Crippen LogP) is 2.60. The average Bonchev–Trinajstić information content (AvgIpc) is 2.68. The van der Waals surface area contributed by atoms with Crippen molar-refractivity contribution in [3.8, 4) is 5.75 Å². The maximum absolute atomic E-state index is 5.52. The fourth-order valence-electron chi connectivity index (χ4n) is 4.19. The summed E-state index contributed by atoms with van der Waals surface area (Å²) in [5.74, 6) is 1.90. The van der Waals surface area contributed by atoms with Crippen molar-refractivity contribution < 1.29 is 4.74 Å². The SMILES string of the molecule is COc1cccc2c1CC[C@H](N[C@@H]1CCCN(c3ncccn3)C1)C2. The highest BCUT2D eigenvalue weighted by Gasteiger charge is 2.26. The Bertz CT molecular complexity index is 706. The Labute approximate surface area is 149 Å². The molecule has 1 aromatic heterocycles. The third-order valence-corrected chi connectivity index (χ3v) is 5.39. The molecule has 1 fully saturated rings. The number of nitrogens with zero attached hydrogens (tertiary/aromatic N) is 3. The second-order valence-corrected chi connectivity index (χ2v) is 7.04. The molecule has 1 N–H and O–H groups in total. The second kappa shape index (κ2) is 7.40. The topological polar surface area (TPSA) is 50.3 Å². The van der Waals surface area contributed by atoms with E-state index in [-0.39, 0.29) is 0 Å². The molecule has 1 aliphatic carbocycles. The van der Waals surface area contributed by atoms with Crippen LogP contribution >= 0.6 is 0 Å². The highest BCUT2D eigenvalue weighted by atomic mass is 16.5. The summed E-state index contributed by atoms with van der Waals surface area (Å²) in [5, 5.41) is 3.90. The molecular weight excluding hydrogens is 312 g/mol. The van der Waals surface area contributed by atoms with Crippen molar-refractivity contribution in [2.45, 2.75) is 44.2 Å². The van der Waals surface area contributed by atoms with Gasteiger partial charge < -0.3 is 15.0 Å². The number of fused-ring (bicyclic) bond motifs is 1. The van der Waals surface area contributed by atoms with Crippen molar-refractivity contribution in [3.63, 3.8) is 0 Å². The minimum atomic E-state index is 0.509. The number of rotatable bonds is 4. The summed E-state index contributed by atoms with van der Waals surface area (Å²) in [5.41, 5.74) is 2.83. The molecular formula is C20H26N4O. The molecule has 0 spiro atoms. The summed E-state index contributed by atoms with van der Waals surface area (Å²) in [6, 6.07) is 9.35. The van der Waals surface area contributed by atoms with Gasteiger partial charge in [0, 0.05) is 37.6 Å². The summed E-state index contributed by atoms with van der Waals surface area (Å²) in [7, 11) is 1.77. The Balaban J connectivity index is 1.39. The highest BCUT2D eigenvalue weighted by molar-refractivity contribution is 5.42.